The number of carbonyl (C=O) groups excluding carboxylic acids is 1. The number of halogens is 1. The summed E-state index contributed by atoms with van der Waals surface area (Å²) in [7, 11) is 0. The van der Waals surface area contributed by atoms with Crippen molar-refractivity contribution in [2.24, 2.45) is 11.1 Å². The number of hydrogen-bond acceptors (Lipinski definition) is 5. The Morgan fingerprint density at radius 1 is 1.52 bits per heavy atom. The van der Waals surface area contributed by atoms with Crippen LogP contribution in [0.5, 0.6) is 0 Å². The lowest BCUT2D eigenvalue weighted by Crippen LogP contribution is -2.26. The van der Waals surface area contributed by atoms with E-state index in [1.807, 2.05) is 18.7 Å². The number of nitrogens with zero attached hydrogens (tertiary/aromatic N) is 1. The van der Waals surface area contributed by atoms with E-state index >= 15 is 0 Å². The Bertz CT molecular complexity index is 488. The molecule has 0 spiro atoms. The molecule has 0 aromatic rings. The first kappa shape index (κ1) is 20.1. The van der Waals surface area contributed by atoms with Crippen LogP contribution in [0.1, 0.15) is 46.5 Å². The Labute approximate surface area is 148 Å². The summed E-state index contributed by atoms with van der Waals surface area (Å²) in [5, 5.41) is 14.8. The van der Waals surface area contributed by atoms with Crippen molar-refractivity contribution < 1.29 is 14.7 Å². The van der Waals surface area contributed by atoms with Gasteiger partial charge in [0.1, 0.15) is 12.4 Å². The maximum atomic E-state index is 12.4. The number of rotatable bonds is 9. The van der Waals surface area contributed by atoms with Crippen molar-refractivity contribution in [1.82, 2.24) is 0 Å². The minimum Gasteiger partial charge on any atom is -0.511 e. The molecule has 0 radical (unpaired) electrons. The van der Waals surface area contributed by atoms with E-state index in [0.29, 0.717) is 35.8 Å². The largest absolute Gasteiger partial charge is 0.511 e. The summed E-state index contributed by atoms with van der Waals surface area (Å²) >= 11 is 7.30. The summed E-state index contributed by atoms with van der Waals surface area (Å²) in [5.41, 5.74) is 2.20. The van der Waals surface area contributed by atoms with E-state index in [9.17, 15) is 9.90 Å². The van der Waals surface area contributed by atoms with Crippen molar-refractivity contribution in [3.05, 3.63) is 22.9 Å². The number of allylic oxidation sites excluding steroid dienone is 2. The molecule has 0 aromatic carbocycles. The lowest BCUT2D eigenvalue weighted by molar-refractivity contribution is -0.116. The van der Waals surface area contributed by atoms with Crippen LogP contribution in [0.3, 0.4) is 0 Å². The van der Waals surface area contributed by atoms with Gasteiger partial charge >= 0.3 is 0 Å². The SMILES string of the molecule is CCSC(C)CC1CC(=O)C(/C(CC)=N/OC/C=C\Cl)=C(O)C1. The van der Waals surface area contributed by atoms with Crippen LogP contribution in [0.2, 0.25) is 0 Å². The second-order valence-corrected chi connectivity index (χ2v) is 7.54. The van der Waals surface area contributed by atoms with Crippen LogP contribution in [-0.4, -0.2) is 34.2 Å². The Hall–Kier alpha value is -0.940. The third kappa shape index (κ3) is 6.60. The zero-order valence-electron chi connectivity index (χ0n) is 14.0. The van der Waals surface area contributed by atoms with Crippen molar-refractivity contribution in [2.45, 2.75) is 51.7 Å². The molecule has 0 bridgehead atoms. The highest BCUT2D eigenvalue weighted by Crippen LogP contribution is 2.32. The fourth-order valence-electron chi connectivity index (χ4n) is 2.77. The van der Waals surface area contributed by atoms with Gasteiger partial charge in [-0.1, -0.05) is 37.5 Å². The minimum atomic E-state index is -0.0375. The molecule has 0 fully saturated rings. The van der Waals surface area contributed by atoms with Crippen LogP contribution >= 0.6 is 23.4 Å². The first-order valence-electron chi connectivity index (χ1n) is 8.04. The number of carbonyl (C=O) groups is 1. The van der Waals surface area contributed by atoms with Gasteiger partial charge in [-0.3, -0.25) is 4.79 Å². The van der Waals surface area contributed by atoms with E-state index in [1.165, 1.54) is 5.54 Å². The Kier molecular flexibility index (Phi) is 9.41. The maximum Gasteiger partial charge on any atom is 0.168 e. The van der Waals surface area contributed by atoms with Crippen LogP contribution in [0.4, 0.5) is 0 Å². The molecule has 0 amide bonds. The number of aliphatic hydroxyl groups is 1. The van der Waals surface area contributed by atoms with Gasteiger partial charge in [-0.05, 0) is 30.6 Å². The third-order valence-corrected chi connectivity index (χ3v) is 4.97. The highest BCUT2D eigenvalue weighted by Gasteiger charge is 2.31. The van der Waals surface area contributed by atoms with Gasteiger partial charge in [-0.2, -0.15) is 11.8 Å². The van der Waals surface area contributed by atoms with Crippen LogP contribution in [0, 0.1) is 5.92 Å². The normalized spacial score (nSPS) is 21.1. The summed E-state index contributed by atoms with van der Waals surface area (Å²) in [5.74, 6) is 1.38. The zero-order valence-corrected chi connectivity index (χ0v) is 15.6. The Balaban J connectivity index is 2.79. The monoisotopic (exact) mass is 359 g/mol. The van der Waals surface area contributed by atoms with Gasteiger partial charge in [0.15, 0.2) is 5.78 Å². The molecule has 0 aromatic heterocycles. The number of thioether (sulfide) groups is 1. The van der Waals surface area contributed by atoms with E-state index < -0.39 is 0 Å². The molecule has 0 saturated heterocycles. The molecule has 1 N–H and O–H groups in total. The lowest BCUT2D eigenvalue weighted by atomic mass is 9.82. The summed E-state index contributed by atoms with van der Waals surface area (Å²) in [6.45, 7) is 6.43. The van der Waals surface area contributed by atoms with Crippen molar-refractivity contribution in [2.75, 3.05) is 12.4 Å². The summed E-state index contributed by atoms with van der Waals surface area (Å²) in [4.78, 5) is 17.6. The minimum absolute atomic E-state index is 0.0375. The van der Waals surface area contributed by atoms with Gasteiger partial charge in [-0.25, -0.2) is 0 Å². The zero-order chi connectivity index (χ0) is 17.2. The van der Waals surface area contributed by atoms with Gasteiger partial charge in [0.2, 0.25) is 0 Å². The topological polar surface area (TPSA) is 58.9 Å². The Morgan fingerprint density at radius 2 is 2.26 bits per heavy atom. The molecule has 1 rings (SSSR count). The number of hydrogen-bond donors (Lipinski definition) is 1. The molecule has 2 atom stereocenters. The highest BCUT2D eigenvalue weighted by atomic mass is 35.5. The van der Waals surface area contributed by atoms with Crippen molar-refractivity contribution >= 4 is 34.9 Å². The quantitative estimate of drug-likeness (QED) is 0.363. The second-order valence-electron chi connectivity index (χ2n) is 5.57. The molecule has 2 unspecified atom stereocenters. The summed E-state index contributed by atoms with van der Waals surface area (Å²) in [6, 6.07) is 0. The Morgan fingerprint density at radius 3 is 2.83 bits per heavy atom. The van der Waals surface area contributed by atoms with Gasteiger partial charge in [0, 0.05) is 23.6 Å². The maximum absolute atomic E-state index is 12.4. The van der Waals surface area contributed by atoms with Gasteiger partial charge in [-0.15, -0.1) is 0 Å². The van der Waals surface area contributed by atoms with Gasteiger partial charge in [0.25, 0.3) is 0 Å². The molecule has 1 aliphatic rings. The van der Waals surface area contributed by atoms with Gasteiger partial charge in [0.05, 0.1) is 11.3 Å². The number of ketones is 1. The van der Waals surface area contributed by atoms with Gasteiger partial charge < -0.3 is 9.94 Å². The first-order chi connectivity index (χ1) is 11.0. The van der Waals surface area contributed by atoms with E-state index in [1.54, 1.807) is 6.08 Å². The molecule has 4 nitrogen and oxygen atoms in total. The molecule has 1 aliphatic carbocycles. The van der Waals surface area contributed by atoms with E-state index in [4.69, 9.17) is 16.4 Å². The first-order valence-corrected chi connectivity index (χ1v) is 9.53. The van der Waals surface area contributed by atoms with Crippen LogP contribution in [-0.2, 0) is 9.63 Å². The standard InChI is InChI=1S/C17H26ClNO3S/c1-4-14(19-22-8-6-7-18)17-15(20)10-13(11-16(17)21)9-12(3)23-5-2/h6-7,12-13,20H,4-5,8-11H2,1-3H3/b7-6-,19-14+. The number of oxime groups is 1. The smallest absolute Gasteiger partial charge is 0.168 e. The summed E-state index contributed by atoms with van der Waals surface area (Å²) < 4.78 is 0. The highest BCUT2D eigenvalue weighted by molar-refractivity contribution is 7.99. The third-order valence-electron chi connectivity index (χ3n) is 3.70. The van der Waals surface area contributed by atoms with Crippen LogP contribution < -0.4 is 0 Å². The molecular weight excluding hydrogens is 334 g/mol. The van der Waals surface area contributed by atoms with Crippen molar-refractivity contribution in [3.63, 3.8) is 0 Å². The number of aliphatic hydroxyl groups excluding tert-OH is 1. The fourth-order valence-corrected chi connectivity index (χ4v) is 3.82. The molecule has 0 heterocycles. The average Bonchev–Trinajstić information content (AvgIpc) is 2.49. The predicted molar refractivity (Wildman–Crippen MR) is 98.3 cm³/mol. The van der Waals surface area contributed by atoms with Crippen molar-refractivity contribution in [1.29, 1.82) is 0 Å². The predicted octanol–water partition coefficient (Wildman–Crippen LogP) is 4.84. The van der Waals surface area contributed by atoms with Crippen LogP contribution in [0.25, 0.3) is 0 Å². The molecule has 0 aliphatic heterocycles. The fraction of sp³-hybridized carbons (Fsp3) is 0.647. The molecular formula is C17H26ClNO3S. The number of Topliss-reactive ketones (excluding diaryl/α,β-unsaturated/α-hetero) is 1. The van der Waals surface area contributed by atoms with Crippen molar-refractivity contribution in [3.8, 4) is 0 Å². The molecule has 0 saturated carbocycles. The van der Waals surface area contributed by atoms with E-state index in [2.05, 4.69) is 19.0 Å². The lowest BCUT2D eigenvalue weighted by Gasteiger charge is -2.25. The summed E-state index contributed by atoms with van der Waals surface area (Å²) in [6.07, 6.45) is 4.09. The molecule has 6 heteroatoms. The molecule has 130 valence electrons. The van der Waals surface area contributed by atoms with Crippen LogP contribution in [0.15, 0.2) is 28.1 Å². The molecule has 23 heavy (non-hydrogen) atoms. The average molecular weight is 360 g/mol. The second kappa shape index (κ2) is 10.8. The van der Waals surface area contributed by atoms with E-state index in [-0.39, 0.29) is 24.1 Å². The van der Waals surface area contributed by atoms with E-state index in [0.717, 1.165) is 12.2 Å².